The lowest BCUT2D eigenvalue weighted by atomic mass is 10.2. The molecule has 6 heteroatoms. The minimum Gasteiger partial charge on any atom is -0.344 e. The fourth-order valence-electron chi connectivity index (χ4n) is 1.80. The maximum Gasteiger partial charge on any atom is 0.249 e. The van der Waals surface area contributed by atoms with E-state index in [2.05, 4.69) is 15.3 Å². The van der Waals surface area contributed by atoms with E-state index in [0.717, 1.165) is 0 Å². The molecule has 1 fully saturated rings. The number of anilines is 1. The third-order valence-electron chi connectivity index (χ3n) is 2.73. The van der Waals surface area contributed by atoms with Gasteiger partial charge in [0.1, 0.15) is 12.4 Å². The number of hydrogen-bond donors (Lipinski definition) is 1. The van der Waals surface area contributed by atoms with E-state index in [9.17, 15) is 9.59 Å². The van der Waals surface area contributed by atoms with E-state index in [4.69, 9.17) is 0 Å². The van der Waals surface area contributed by atoms with Crippen LogP contribution in [0.25, 0.3) is 0 Å². The summed E-state index contributed by atoms with van der Waals surface area (Å²) >= 11 is 0. The van der Waals surface area contributed by atoms with Gasteiger partial charge in [0.2, 0.25) is 11.8 Å². The quantitative estimate of drug-likeness (QED) is 0.788. The van der Waals surface area contributed by atoms with E-state index in [0.29, 0.717) is 25.1 Å². The second-order valence-electron chi connectivity index (χ2n) is 3.86. The lowest BCUT2D eigenvalue weighted by Gasteiger charge is -2.22. The molecule has 1 aliphatic rings. The van der Waals surface area contributed by atoms with Gasteiger partial charge >= 0.3 is 0 Å². The van der Waals surface area contributed by atoms with E-state index in [1.807, 2.05) is 6.92 Å². The molecule has 1 saturated heterocycles. The van der Waals surface area contributed by atoms with Crippen LogP contribution in [0.15, 0.2) is 18.7 Å². The molecule has 0 bridgehead atoms. The zero-order chi connectivity index (χ0) is 12.3. The first kappa shape index (κ1) is 11.5. The molecule has 1 aliphatic heterocycles. The summed E-state index contributed by atoms with van der Waals surface area (Å²) in [6.45, 7) is 2.24. The second-order valence-corrected chi connectivity index (χ2v) is 3.86. The van der Waals surface area contributed by atoms with Gasteiger partial charge in [0, 0.05) is 13.0 Å². The molecule has 0 radical (unpaired) electrons. The minimum atomic E-state index is -0.454. The molecule has 2 amide bonds. The van der Waals surface area contributed by atoms with Crippen LogP contribution < -0.4 is 10.2 Å². The summed E-state index contributed by atoms with van der Waals surface area (Å²) in [7, 11) is 0. The van der Waals surface area contributed by atoms with Gasteiger partial charge in [0.15, 0.2) is 0 Å². The van der Waals surface area contributed by atoms with E-state index in [1.54, 1.807) is 17.3 Å². The molecule has 0 saturated carbocycles. The smallest absolute Gasteiger partial charge is 0.249 e. The predicted octanol–water partition coefficient (Wildman–Crippen LogP) is 0.108. The molecule has 6 nitrogen and oxygen atoms in total. The van der Waals surface area contributed by atoms with Gasteiger partial charge in [-0.15, -0.1) is 0 Å². The van der Waals surface area contributed by atoms with Crippen LogP contribution >= 0.6 is 0 Å². The number of amides is 2. The van der Waals surface area contributed by atoms with Gasteiger partial charge in [-0.25, -0.2) is 9.97 Å². The Morgan fingerprint density at radius 3 is 2.76 bits per heavy atom. The first-order chi connectivity index (χ1) is 8.22. The molecule has 0 aliphatic carbocycles. The topological polar surface area (TPSA) is 75.2 Å². The zero-order valence-electron chi connectivity index (χ0n) is 9.59. The summed E-state index contributed by atoms with van der Waals surface area (Å²) in [5, 5.41) is 2.71. The summed E-state index contributed by atoms with van der Waals surface area (Å²) < 4.78 is 0. The van der Waals surface area contributed by atoms with E-state index < -0.39 is 6.04 Å². The van der Waals surface area contributed by atoms with Crippen molar-refractivity contribution in [3.05, 3.63) is 18.7 Å². The van der Waals surface area contributed by atoms with Gasteiger partial charge < -0.3 is 10.2 Å². The summed E-state index contributed by atoms with van der Waals surface area (Å²) in [4.78, 5) is 33.0. The molecule has 0 aromatic carbocycles. The summed E-state index contributed by atoms with van der Waals surface area (Å²) in [5.74, 6) is -0.197. The normalized spacial score (nSPS) is 21.0. The first-order valence-electron chi connectivity index (χ1n) is 5.58. The minimum absolute atomic E-state index is 0.0930. The Labute approximate surface area is 99.1 Å². The molecule has 1 aromatic heterocycles. The highest BCUT2D eigenvalue weighted by Crippen LogP contribution is 2.15. The van der Waals surface area contributed by atoms with Crippen molar-refractivity contribution in [2.24, 2.45) is 0 Å². The third-order valence-corrected chi connectivity index (χ3v) is 2.73. The molecular formula is C11H14N4O2. The molecule has 1 N–H and O–H groups in total. The first-order valence-corrected chi connectivity index (χ1v) is 5.58. The lowest BCUT2D eigenvalue weighted by molar-refractivity contribution is -0.125. The van der Waals surface area contributed by atoms with Gasteiger partial charge in [-0.1, -0.05) is 6.92 Å². The highest BCUT2D eigenvalue weighted by molar-refractivity contribution is 6.00. The molecule has 17 heavy (non-hydrogen) atoms. The average molecular weight is 234 g/mol. The number of nitrogens with one attached hydrogen (secondary N) is 1. The van der Waals surface area contributed by atoms with Crippen LogP contribution in [-0.2, 0) is 9.59 Å². The van der Waals surface area contributed by atoms with Crippen LogP contribution in [0.5, 0.6) is 0 Å². The predicted molar refractivity (Wildman–Crippen MR) is 61.2 cm³/mol. The summed E-state index contributed by atoms with van der Waals surface area (Å²) in [6, 6.07) is -0.454. The van der Waals surface area contributed by atoms with E-state index >= 15 is 0 Å². The Bertz CT molecular complexity index is 421. The van der Waals surface area contributed by atoms with Crippen molar-refractivity contribution < 1.29 is 9.59 Å². The average Bonchev–Trinajstić information content (AvgIpc) is 2.50. The monoisotopic (exact) mass is 234 g/mol. The molecule has 2 heterocycles. The Kier molecular flexibility index (Phi) is 3.32. The maximum atomic E-state index is 12.2. The van der Waals surface area contributed by atoms with Crippen LogP contribution in [0, 0.1) is 0 Å². The van der Waals surface area contributed by atoms with Crippen LogP contribution in [-0.4, -0.2) is 34.4 Å². The molecule has 2 rings (SSSR count). The largest absolute Gasteiger partial charge is 0.344 e. The molecule has 1 unspecified atom stereocenters. The lowest BCUT2D eigenvalue weighted by Crippen LogP contribution is -2.44. The van der Waals surface area contributed by atoms with Crippen molar-refractivity contribution >= 4 is 17.5 Å². The molecule has 1 atom stereocenters. The molecule has 0 spiro atoms. The maximum absolute atomic E-state index is 12.2. The van der Waals surface area contributed by atoms with Crippen molar-refractivity contribution in [3.63, 3.8) is 0 Å². The summed E-state index contributed by atoms with van der Waals surface area (Å²) in [5.41, 5.74) is 0.632. The number of hydrogen-bond acceptors (Lipinski definition) is 4. The SMILES string of the molecule is CCC1NC(=O)CCN(c2cncnc2)C1=O. The highest BCUT2D eigenvalue weighted by atomic mass is 16.2. The number of carbonyl (C=O) groups is 2. The van der Waals surface area contributed by atoms with Crippen molar-refractivity contribution in [2.75, 3.05) is 11.4 Å². The Balaban J connectivity index is 2.27. The van der Waals surface area contributed by atoms with Gasteiger partial charge in [-0.05, 0) is 6.42 Å². The second kappa shape index (κ2) is 4.90. The van der Waals surface area contributed by atoms with Crippen molar-refractivity contribution in [1.29, 1.82) is 0 Å². The molecule has 90 valence electrons. The van der Waals surface area contributed by atoms with Crippen molar-refractivity contribution in [3.8, 4) is 0 Å². The standard InChI is InChI=1S/C11H14N4O2/c1-2-9-11(17)15(4-3-10(16)14-9)8-5-12-7-13-6-8/h5-7,9H,2-4H2,1H3,(H,14,16). The van der Waals surface area contributed by atoms with Crippen molar-refractivity contribution in [2.45, 2.75) is 25.8 Å². The van der Waals surface area contributed by atoms with Crippen LogP contribution in [0.4, 0.5) is 5.69 Å². The number of nitrogens with zero attached hydrogens (tertiary/aromatic N) is 3. The van der Waals surface area contributed by atoms with E-state index in [-0.39, 0.29) is 11.8 Å². The fraction of sp³-hybridized carbons (Fsp3) is 0.455. The number of aromatic nitrogens is 2. The van der Waals surface area contributed by atoms with Crippen LogP contribution in [0.1, 0.15) is 19.8 Å². The van der Waals surface area contributed by atoms with Gasteiger partial charge in [0.05, 0.1) is 18.1 Å². The summed E-state index contributed by atoms with van der Waals surface area (Å²) in [6.07, 6.45) is 5.44. The number of carbonyl (C=O) groups excluding carboxylic acids is 2. The third kappa shape index (κ3) is 2.41. The highest BCUT2D eigenvalue weighted by Gasteiger charge is 2.29. The van der Waals surface area contributed by atoms with E-state index in [1.165, 1.54) is 6.33 Å². The Morgan fingerprint density at radius 2 is 2.12 bits per heavy atom. The van der Waals surface area contributed by atoms with Gasteiger partial charge in [0.25, 0.3) is 0 Å². The Hall–Kier alpha value is -1.98. The van der Waals surface area contributed by atoms with Crippen LogP contribution in [0.2, 0.25) is 0 Å². The fourth-order valence-corrected chi connectivity index (χ4v) is 1.80. The number of rotatable bonds is 2. The van der Waals surface area contributed by atoms with Crippen molar-refractivity contribution in [1.82, 2.24) is 15.3 Å². The molecule has 1 aromatic rings. The van der Waals surface area contributed by atoms with Gasteiger partial charge in [-0.2, -0.15) is 0 Å². The zero-order valence-corrected chi connectivity index (χ0v) is 9.59. The van der Waals surface area contributed by atoms with Crippen LogP contribution in [0.3, 0.4) is 0 Å². The molecular weight excluding hydrogens is 220 g/mol. The Morgan fingerprint density at radius 1 is 1.41 bits per heavy atom. The van der Waals surface area contributed by atoms with Gasteiger partial charge in [-0.3, -0.25) is 9.59 Å².